The summed E-state index contributed by atoms with van der Waals surface area (Å²) >= 11 is 4.39. The summed E-state index contributed by atoms with van der Waals surface area (Å²) in [6.07, 6.45) is 1.45. The van der Waals surface area contributed by atoms with Gasteiger partial charge >= 0.3 is 0 Å². The minimum Gasteiger partial charge on any atom is -0.359 e. The van der Waals surface area contributed by atoms with Crippen molar-refractivity contribution in [3.63, 3.8) is 0 Å². The number of isothiocyanates is 1. The number of halogens is 2. The van der Waals surface area contributed by atoms with E-state index in [1.54, 1.807) is 0 Å². The molecule has 2 nitrogen and oxygen atoms in total. The highest BCUT2D eigenvalue weighted by atomic mass is 32.1. The summed E-state index contributed by atoms with van der Waals surface area (Å²) in [6.45, 7) is 0. The van der Waals surface area contributed by atoms with E-state index in [0.29, 0.717) is 5.52 Å². The molecule has 0 bridgehead atoms. The second kappa shape index (κ2) is 3.29. The quantitative estimate of drug-likeness (QED) is 0.568. The van der Waals surface area contributed by atoms with Crippen LogP contribution in [0.25, 0.3) is 10.9 Å². The summed E-state index contributed by atoms with van der Waals surface area (Å²) < 4.78 is 26.2. The zero-order chi connectivity index (χ0) is 10.1. The van der Waals surface area contributed by atoms with Gasteiger partial charge in [-0.2, -0.15) is 4.99 Å². The number of thiocarbonyl (C=S) groups is 1. The molecule has 1 heterocycles. The van der Waals surface area contributed by atoms with Gasteiger partial charge in [-0.15, -0.1) is 0 Å². The highest BCUT2D eigenvalue weighted by Crippen LogP contribution is 2.29. The molecule has 0 saturated carbocycles. The minimum absolute atomic E-state index is 0.0994. The molecule has 14 heavy (non-hydrogen) atoms. The van der Waals surface area contributed by atoms with E-state index in [4.69, 9.17) is 0 Å². The molecular formula is C9H4F2N2S. The van der Waals surface area contributed by atoms with Gasteiger partial charge in [0.1, 0.15) is 5.69 Å². The largest absolute Gasteiger partial charge is 0.359 e. The van der Waals surface area contributed by atoms with Crippen LogP contribution in [0.1, 0.15) is 0 Å². The lowest BCUT2D eigenvalue weighted by atomic mass is 10.2. The van der Waals surface area contributed by atoms with E-state index in [9.17, 15) is 8.78 Å². The summed E-state index contributed by atoms with van der Waals surface area (Å²) in [5, 5.41) is 2.21. The van der Waals surface area contributed by atoms with E-state index in [0.717, 1.165) is 6.07 Å². The van der Waals surface area contributed by atoms with Crippen LogP contribution in [0.5, 0.6) is 0 Å². The van der Waals surface area contributed by atoms with Gasteiger partial charge in [0.2, 0.25) is 0 Å². The summed E-state index contributed by atoms with van der Waals surface area (Å²) in [5.74, 6) is -1.83. The molecule has 0 aliphatic heterocycles. The molecule has 1 aromatic carbocycles. The Morgan fingerprint density at radius 1 is 1.36 bits per heavy atom. The van der Waals surface area contributed by atoms with Gasteiger partial charge in [0, 0.05) is 6.20 Å². The van der Waals surface area contributed by atoms with Crippen LogP contribution in [-0.2, 0) is 0 Å². The highest BCUT2D eigenvalue weighted by Gasteiger charge is 2.11. The number of hydrogen-bond acceptors (Lipinski definition) is 2. The van der Waals surface area contributed by atoms with Crippen LogP contribution in [0.2, 0.25) is 0 Å². The van der Waals surface area contributed by atoms with Crippen LogP contribution in [0.4, 0.5) is 14.5 Å². The molecule has 0 atom stereocenters. The fourth-order valence-corrected chi connectivity index (χ4v) is 1.38. The topological polar surface area (TPSA) is 28.1 Å². The average Bonchev–Trinajstić information content (AvgIpc) is 2.57. The normalized spacial score (nSPS) is 10.1. The van der Waals surface area contributed by atoms with Crippen molar-refractivity contribution in [3.05, 3.63) is 30.0 Å². The Labute approximate surface area is 83.3 Å². The van der Waals surface area contributed by atoms with Gasteiger partial charge in [-0.3, -0.25) is 0 Å². The number of nitrogens with one attached hydrogen (secondary N) is 1. The first-order chi connectivity index (χ1) is 6.74. The SMILES string of the molecule is Fc1ccc2[nH]cc(N=C=S)c2c1F. The lowest BCUT2D eigenvalue weighted by Gasteiger charge is -1.94. The number of hydrogen-bond donors (Lipinski definition) is 1. The number of aromatic nitrogens is 1. The molecular weight excluding hydrogens is 206 g/mol. The molecule has 0 aliphatic rings. The molecule has 0 aliphatic carbocycles. The summed E-state index contributed by atoms with van der Waals surface area (Å²) in [4.78, 5) is 6.38. The van der Waals surface area contributed by atoms with E-state index in [-0.39, 0.29) is 11.1 Å². The second-order valence-corrected chi connectivity index (χ2v) is 2.84. The van der Waals surface area contributed by atoms with Gasteiger partial charge in [-0.05, 0) is 24.4 Å². The van der Waals surface area contributed by atoms with Crippen molar-refractivity contribution in [1.82, 2.24) is 4.98 Å². The molecule has 0 amide bonds. The molecule has 2 rings (SSSR count). The Morgan fingerprint density at radius 2 is 2.14 bits per heavy atom. The standard InChI is InChI=1S/C9H4F2N2S/c10-5-1-2-6-8(9(5)11)7(3-12-6)13-4-14/h1-3,12H. The van der Waals surface area contributed by atoms with Crippen molar-refractivity contribution in [2.45, 2.75) is 0 Å². The van der Waals surface area contributed by atoms with Gasteiger partial charge < -0.3 is 4.98 Å². The fraction of sp³-hybridized carbons (Fsp3) is 0. The Hall–Kier alpha value is -1.58. The lowest BCUT2D eigenvalue weighted by molar-refractivity contribution is 0.517. The van der Waals surface area contributed by atoms with Crippen molar-refractivity contribution in [2.24, 2.45) is 4.99 Å². The molecule has 70 valence electrons. The van der Waals surface area contributed by atoms with E-state index in [2.05, 4.69) is 27.4 Å². The van der Waals surface area contributed by atoms with Crippen molar-refractivity contribution in [3.8, 4) is 0 Å². The summed E-state index contributed by atoms with van der Waals surface area (Å²) in [6, 6.07) is 2.50. The Bertz CT molecular complexity index is 541. The zero-order valence-corrected chi connectivity index (χ0v) is 7.66. The van der Waals surface area contributed by atoms with Crippen LogP contribution in [0.3, 0.4) is 0 Å². The molecule has 0 unspecified atom stereocenters. The van der Waals surface area contributed by atoms with Crippen molar-refractivity contribution < 1.29 is 8.78 Å². The molecule has 1 N–H and O–H groups in total. The molecule has 2 aromatic rings. The lowest BCUT2D eigenvalue weighted by Crippen LogP contribution is -1.83. The van der Waals surface area contributed by atoms with E-state index in [1.807, 2.05) is 0 Å². The zero-order valence-electron chi connectivity index (χ0n) is 6.84. The average molecular weight is 210 g/mol. The van der Waals surface area contributed by atoms with E-state index >= 15 is 0 Å². The third kappa shape index (κ3) is 1.23. The van der Waals surface area contributed by atoms with Crippen LogP contribution >= 0.6 is 12.2 Å². The third-order valence-electron chi connectivity index (χ3n) is 1.88. The maximum absolute atomic E-state index is 13.3. The summed E-state index contributed by atoms with van der Waals surface area (Å²) in [7, 11) is 0. The molecule has 0 spiro atoms. The second-order valence-electron chi connectivity index (χ2n) is 2.66. The Morgan fingerprint density at radius 3 is 2.86 bits per heavy atom. The number of nitrogens with zero attached hydrogens (tertiary/aromatic N) is 1. The van der Waals surface area contributed by atoms with Gasteiger partial charge in [-0.1, -0.05) is 0 Å². The number of aliphatic imine (C=N–C) groups is 1. The first-order valence-corrected chi connectivity index (χ1v) is 4.18. The monoisotopic (exact) mass is 210 g/mol. The maximum atomic E-state index is 13.3. The van der Waals surface area contributed by atoms with Crippen LogP contribution < -0.4 is 0 Å². The number of H-pyrrole nitrogens is 1. The molecule has 0 radical (unpaired) electrons. The maximum Gasteiger partial charge on any atom is 0.170 e. The Balaban J connectivity index is 2.88. The predicted octanol–water partition coefficient (Wildman–Crippen LogP) is 3.18. The van der Waals surface area contributed by atoms with Gasteiger partial charge in [0.15, 0.2) is 11.6 Å². The molecule has 0 saturated heterocycles. The van der Waals surface area contributed by atoms with E-state index < -0.39 is 11.6 Å². The van der Waals surface area contributed by atoms with Crippen LogP contribution in [0.15, 0.2) is 23.3 Å². The van der Waals surface area contributed by atoms with Crippen molar-refractivity contribution >= 4 is 34.0 Å². The predicted molar refractivity (Wildman–Crippen MR) is 52.9 cm³/mol. The van der Waals surface area contributed by atoms with Crippen molar-refractivity contribution in [1.29, 1.82) is 0 Å². The number of rotatable bonds is 1. The molecule has 5 heteroatoms. The van der Waals surface area contributed by atoms with E-state index in [1.165, 1.54) is 12.3 Å². The molecule has 1 aromatic heterocycles. The van der Waals surface area contributed by atoms with Crippen LogP contribution in [0, 0.1) is 11.6 Å². The first-order valence-electron chi connectivity index (χ1n) is 3.77. The van der Waals surface area contributed by atoms with Crippen molar-refractivity contribution in [2.75, 3.05) is 0 Å². The number of benzene rings is 1. The van der Waals surface area contributed by atoms with Gasteiger partial charge in [0.05, 0.1) is 16.1 Å². The Kier molecular flexibility index (Phi) is 2.11. The fourth-order valence-electron chi connectivity index (χ4n) is 1.28. The highest BCUT2D eigenvalue weighted by molar-refractivity contribution is 7.78. The number of fused-ring (bicyclic) bond motifs is 1. The smallest absolute Gasteiger partial charge is 0.170 e. The summed E-state index contributed by atoms with van der Waals surface area (Å²) in [5.41, 5.74) is 0.736. The number of aromatic amines is 1. The van der Waals surface area contributed by atoms with Gasteiger partial charge in [0.25, 0.3) is 0 Å². The van der Waals surface area contributed by atoms with Crippen LogP contribution in [-0.4, -0.2) is 10.1 Å². The third-order valence-corrected chi connectivity index (χ3v) is 1.97. The first kappa shape index (κ1) is 8.99. The minimum atomic E-state index is -0.923. The van der Waals surface area contributed by atoms with Gasteiger partial charge in [-0.25, -0.2) is 8.78 Å². The molecule has 0 fully saturated rings.